The predicted octanol–water partition coefficient (Wildman–Crippen LogP) is 0.997. The Labute approximate surface area is 118 Å². The van der Waals surface area contributed by atoms with Crippen molar-refractivity contribution in [2.75, 3.05) is 13.1 Å². The molecule has 0 saturated carbocycles. The maximum absolute atomic E-state index is 12.2. The summed E-state index contributed by atoms with van der Waals surface area (Å²) in [6, 6.07) is 3.13. The standard InChI is InChI=1S/C13H18N2O4S/c16-9-12-3-4-13(19-12)20(17,18)14-10-5-7-15-6-1-2-11(15)8-10/h3-4,9-11,14H,1-2,5-8H2. The molecule has 2 unspecified atom stereocenters. The molecule has 1 aromatic heterocycles. The van der Waals surface area contributed by atoms with E-state index in [4.69, 9.17) is 4.42 Å². The van der Waals surface area contributed by atoms with Crippen LogP contribution in [0.2, 0.25) is 0 Å². The first kappa shape index (κ1) is 13.8. The van der Waals surface area contributed by atoms with Gasteiger partial charge in [-0.25, -0.2) is 13.1 Å². The third-order valence-corrected chi connectivity index (χ3v) is 5.52. The summed E-state index contributed by atoms with van der Waals surface area (Å²) in [6.45, 7) is 2.07. The summed E-state index contributed by atoms with van der Waals surface area (Å²) in [7, 11) is -3.67. The van der Waals surface area contributed by atoms with Gasteiger partial charge in [0.25, 0.3) is 10.0 Å². The summed E-state index contributed by atoms with van der Waals surface area (Å²) in [5.41, 5.74) is 0. The molecule has 0 amide bonds. The lowest BCUT2D eigenvalue weighted by Crippen LogP contribution is -2.47. The van der Waals surface area contributed by atoms with Gasteiger partial charge < -0.3 is 9.32 Å². The normalized spacial score (nSPS) is 27.4. The van der Waals surface area contributed by atoms with Crippen molar-refractivity contribution >= 4 is 16.3 Å². The van der Waals surface area contributed by atoms with Crippen molar-refractivity contribution in [2.24, 2.45) is 0 Å². The van der Waals surface area contributed by atoms with E-state index in [2.05, 4.69) is 9.62 Å². The van der Waals surface area contributed by atoms with E-state index in [0.29, 0.717) is 12.3 Å². The summed E-state index contributed by atoms with van der Waals surface area (Å²) >= 11 is 0. The number of hydrogen-bond donors (Lipinski definition) is 1. The SMILES string of the molecule is O=Cc1ccc(S(=O)(=O)NC2CCN3CCCC3C2)o1. The first-order chi connectivity index (χ1) is 9.58. The summed E-state index contributed by atoms with van der Waals surface area (Å²) in [5.74, 6) is 0.0241. The van der Waals surface area contributed by atoms with E-state index < -0.39 is 10.0 Å². The molecule has 2 saturated heterocycles. The molecule has 0 spiro atoms. The van der Waals surface area contributed by atoms with Crippen LogP contribution < -0.4 is 4.72 Å². The third-order valence-electron chi connectivity index (χ3n) is 4.13. The number of carbonyl (C=O) groups excluding carboxylic acids is 1. The number of sulfonamides is 1. The van der Waals surface area contributed by atoms with Gasteiger partial charge in [0.2, 0.25) is 5.09 Å². The van der Waals surface area contributed by atoms with Crippen LogP contribution in [-0.4, -0.2) is 44.8 Å². The fourth-order valence-electron chi connectivity index (χ4n) is 3.15. The number of furan rings is 1. The van der Waals surface area contributed by atoms with Crippen molar-refractivity contribution in [1.82, 2.24) is 9.62 Å². The highest BCUT2D eigenvalue weighted by Gasteiger charge is 2.34. The number of nitrogens with zero attached hydrogens (tertiary/aromatic N) is 1. The highest BCUT2D eigenvalue weighted by molar-refractivity contribution is 7.89. The number of rotatable bonds is 4. The molecule has 2 fully saturated rings. The molecular weight excluding hydrogens is 280 g/mol. The summed E-state index contributed by atoms with van der Waals surface area (Å²) < 4.78 is 32.1. The van der Waals surface area contributed by atoms with Crippen molar-refractivity contribution in [3.63, 3.8) is 0 Å². The van der Waals surface area contributed by atoms with Gasteiger partial charge in [-0.2, -0.15) is 0 Å². The molecule has 7 heteroatoms. The zero-order valence-corrected chi connectivity index (χ0v) is 11.9. The van der Waals surface area contributed by atoms with E-state index in [-0.39, 0.29) is 16.9 Å². The molecule has 1 N–H and O–H groups in total. The zero-order valence-electron chi connectivity index (χ0n) is 11.1. The zero-order chi connectivity index (χ0) is 14.2. The maximum atomic E-state index is 12.2. The molecule has 0 radical (unpaired) electrons. The average Bonchev–Trinajstić information content (AvgIpc) is 3.06. The number of piperidine rings is 1. The monoisotopic (exact) mass is 298 g/mol. The van der Waals surface area contributed by atoms with Crippen LogP contribution >= 0.6 is 0 Å². The molecule has 3 heterocycles. The fourth-order valence-corrected chi connectivity index (χ4v) is 4.37. The molecular formula is C13H18N2O4S. The minimum Gasteiger partial charge on any atom is -0.440 e. The number of carbonyl (C=O) groups is 1. The Kier molecular flexibility index (Phi) is 3.66. The van der Waals surface area contributed by atoms with Crippen LogP contribution in [0.4, 0.5) is 0 Å². The van der Waals surface area contributed by atoms with E-state index in [1.807, 2.05) is 0 Å². The minimum atomic E-state index is -3.67. The Morgan fingerprint density at radius 3 is 2.90 bits per heavy atom. The second-order valence-corrected chi connectivity index (χ2v) is 7.09. The Morgan fingerprint density at radius 1 is 1.30 bits per heavy atom. The molecule has 20 heavy (non-hydrogen) atoms. The van der Waals surface area contributed by atoms with Crippen molar-refractivity contribution in [1.29, 1.82) is 0 Å². The quantitative estimate of drug-likeness (QED) is 0.839. The molecule has 2 aliphatic heterocycles. The predicted molar refractivity (Wildman–Crippen MR) is 72.0 cm³/mol. The van der Waals surface area contributed by atoms with Gasteiger partial charge in [0, 0.05) is 12.1 Å². The van der Waals surface area contributed by atoms with Gasteiger partial charge in [-0.15, -0.1) is 0 Å². The van der Waals surface area contributed by atoms with Crippen molar-refractivity contribution in [2.45, 2.75) is 42.9 Å². The van der Waals surface area contributed by atoms with E-state index in [9.17, 15) is 13.2 Å². The summed E-state index contributed by atoms with van der Waals surface area (Å²) in [4.78, 5) is 13.0. The molecule has 110 valence electrons. The van der Waals surface area contributed by atoms with Gasteiger partial charge in [-0.05, 0) is 50.9 Å². The van der Waals surface area contributed by atoms with Crippen LogP contribution in [-0.2, 0) is 10.0 Å². The molecule has 0 bridgehead atoms. The number of fused-ring (bicyclic) bond motifs is 1. The van der Waals surface area contributed by atoms with Gasteiger partial charge in [0.15, 0.2) is 12.0 Å². The number of nitrogens with one attached hydrogen (secondary N) is 1. The Hall–Kier alpha value is -1.18. The van der Waals surface area contributed by atoms with Crippen LogP contribution in [0, 0.1) is 0 Å². The second-order valence-electron chi connectivity index (χ2n) is 5.45. The van der Waals surface area contributed by atoms with Crippen LogP contribution in [0.1, 0.15) is 36.2 Å². The molecule has 0 aliphatic carbocycles. The third kappa shape index (κ3) is 2.65. The van der Waals surface area contributed by atoms with Gasteiger partial charge in [0.1, 0.15) is 0 Å². The number of hydrogen-bond acceptors (Lipinski definition) is 5. The van der Waals surface area contributed by atoms with Crippen LogP contribution in [0.3, 0.4) is 0 Å². The molecule has 2 atom stereocenters. The molecule has 2 aliphatic rings. The highest BCUT2D eigenvalue weighted by atomic mass is 32.2. The second kappa shape index (κ2) is 5.31. The highest BCUT2D eigenvalue weighted by Crippen LogP contribution is 2.27. The first-order valence-electron chi connectivity index (χ1n) is 6.90. The van der Waals surface area contributed by atoms with Crippen LogP contribution in [0.15, 0.2) is 21.6 Å². The Morgan fingerprint density at radius 2 is 2.15 bits per heavy atom. The van der Waals surface area contributed by atoms with Crippen molar-refractivity contribution in [3.05, 3.63) is 17.9 Å². The van der Waals surface area contributed by atoms with Crippen molar-refractivity contribution < 1.29 is 17.6 Å². The van der Waals surface area contributed by atoms with Crippen molar-refractivity contribution in [3.8, 4) is 0 Å². The molecule has 0 aromatic carbocycles. The van der Waals surface area contributed by atoms with E-state index in [0.717, 1.165) is 32.4 Å². The van der Waals surface area contributed by atoms with Crippen LogP contribution in [0.5, 0.6) is 0 Å². The van der Waals surface area contributed by atoms with E-state index in [1.54, 1.807) is 0 Å². The molecule has 1 aromatic rings. The first-order valence-corrected chi connectivity index (χ1v) is 8.38. The van der Waals surface area contributed by atoms with E-state index >= 15 is 0 Å². The van der Waals surface area contributed by atoms with Crippen LogP contribution in [0.25, 0.3) is 0 Å². The Balaban J connectivity index is 1.68. The maximum Gasteiger partial charge on any atom is 0.274 e. The molecule has 6 nitrogen and oxygen atoms in total. The fraction of sp³-hybridized carbons (Fsp3) is 0.615. The van der Waals surface area contributed by atoms with E-state index in [1.165, 1.54) is 18.6 Å². The summed E-state index contributed by atoms with van der Waals surface area (Å²) in [5, 5.41) is -0.187. The smallest absolute Gasteiger partial charge is 0.274 e. The minimum absolute atomic E-state index is 0.0241. The lowest BCUT2D eigenvalue weighted by atomic mass is 9.99. The topological polar surface area (TPSA) is 79.6 Å². The lowest BCUT2D eigenvalue weighted by Gasteiger charge is -2.34. The number of aldehydes is 1. The summed E-state index contributed by atoms with van der Waals surface area (Å²) in [6.07, 6.45) is 4.51. The lowest BCUT2D eigenvalue weighted by molar-refractivity contribution is 0.109. The van der Waals surface area contributed by atoms with Gasteiger partial charge in [0.05, 0.1) is 0 Å². The van der Waals surface area contributed by atoms with Gasteiger partial charge >= 0.3 is 0 Å². The van der Waals surface area contributed by atoms with Gasteiger partial charge in [-0.3, -0.25) is 4.79 Å². The largest absolute Gasteiger partial charge is 0.440 e. The van der Waals surface area contributed by atoms with Gasteiger partial charge in [-0.1, -0.05) is 0 Å². The molecule has 3 rings (SSSR count). The Bertz CT molecular complexity index is 595. The average molecular weight is 298 g/mol.